The van der Waals surface area contributed by atoms with Gasteiger partial charge in [-0.15, -0.1) is 22.9 Å². The number of nitrogens with zero attached hydrogens (tertiary/aromatic N) is 1. The van der Waals surface area contributed by atoms with Gasteiger partial charge in [-0.1, -0.05) is 0 Å². The molecule has 0 unspecified atom stereocenters. The third kappa shape index (κ3) is 3.47. The van der Waals surface area contributed by atoms with Gasteiger partial charge < -0.3 is 4.90 Å². The molecule has 1 aromatic heterocycles. The maximum atomic E-state index is 12.0. The van der Waals surface area contributed by atoms with Crippen LogP contribution in [0.5, 0.6) is 0 Å². The summed E-state index contributed by atoms with van der Waals surface area (Å²) in [6.07, 6.45) is 0. The molecule has 1 heterocycles. The minimum absolute atomic E-state index is 0.0568. The summed E-state index contributed by atoms with van der Waals surface area (Å²) in [7, 11) is 0. The summed E-state index contributed by atoms with van der Waals surface area (Å²) in [6.45, 7) is 4.58. The summed E-state index contributed by atoms with van der Waals surface area (Å²) in [5, 5.41) is 0. The van der Waals surface area contributed by atoms with Crippen molar-refractivity contribution >= 4 is 44.8 Å². The number of carbonyl (C=O) groups is 1. The van der Waals surface area contributed by atoms with Crippen molar-refractivity contribution in [2.75, 3.05) is 12.4 Å². The predicted molar refractivity (Wildman–Crippen MR) is 68.9 cm³/mol. The molecule has 0 aliphatic heterocycles. The molecule has 84 valence electrons. The molecule has 0 aromatic carbocycles. The molecule has 15 heavy (non-hydrogen) atoms. The van der Waals surface area contributed by atoms with E-state index in [0.29, 0.717) is 12.4 Å². The molecule has 0 bridgehead atoms. The number of alkyl halides is 1. The Bertz CT molecular complexity index is 340. The third-order valence-corrected chi connectivity index (χ3v) is 3.77. The molecule has 0 radical (unpaired) electrons. The summed E-state index contributed by atoms with van der Waals surface area (Å²) < 4.78 is 0.973. The minimum Gasteiger partial charge on any atom is -0.334 e. The monoisotopic (exact) mass is 309 g/mol. The standard InChI is InChI=1S/C10H13BrClNOS/c1-7(2)13(6-5-12)10(14)8-3-4-9(11)15-8/h3-4,7H,5-6H2,1-2H3. The molecule has 0 aliphatic carbocycles. The van der Waals surface area contributed by atoms with Crippen molar-refractivity contribution in [3.63, 3.8) is 0 Å². The zero-order valence-corrected chi connectivity index (χ0v) is 11.8. The lowest BCUT2D eigenvalue weighted by Gasteiger charge is -2.25. The smallest absolute Gasteiger partial charge is 0.264 e. The highest BCUT2D eigenvalue weighted by molar-refractivity contribution is 9.11. The topological polar surface area (TPSA) is 20.3 Å². The Labute approximate surface area is 107 Å². The van der Waals surface area contributed by atoms with Gasteiger partial charge in [-0.05, 0) is 41.9 Å². The van der Waals surface area contributed by atoms with Crippen LogP contribution in [0.15, 0.2) is 15.9 Å². The van der Waals surface area contributed by atoms with E-state index in [0.717, 1.165) is 8.66 Å². The largest absolute Gasteiger partial charge is 0.334 e. The van der Waals surface area contributed by atoms with Crippen LogP contribution < -0.4 is 0 Å². The van der Waals surface area contributed by atoms with Crippen molar-refractivity contribution in [3.05, 3.63) is 20.8 Å². The van der Waals surface area contributed by atoms with Gasteiger partial charge in [0.05, 0.1) is 8.66 Å². The summed E-state index contributed by atoms with van der Waals surface area (Å²) in [4.78, 5) is 14.6. The second-order valence-corrected chi connectivity index (χ2v) is 6.23. The molecule has 1 aromatic rings. The van der Waals surface area contributed by atoms with E-state index in [4.69, 9.17) is 11.6 Å². The van der Waals surface area contributed by atoms with Crippen molar-refractivity contribution < 1.29 is 4.79 Å². The van der Waals surface area contributed by atoms with Gasteiger partial charge in [-0.2, -0.15) is 0 Å². The third-order valence-electron chi connectivity index (χ3n) is 1.99. The van der Waals surface area contributed by atoms with Crippen molar-refractivity contribution in [1.82, 2.24) is 4.90 Å². The molecule has 0 atom stereocenters. The molecule has 1 amide bonds. The average molecular weight is 311 g/mol. The van der Waals surface area contributed by atoms with Crippen LogP contribution in [0.25, 0.3) is 0 Å². The van der Waals surface area contributed by atoms with Crippen molar-refractivity contribution in [2.45, 2.75) is 19.9 Å². The van der Waals surface area contributed by atoms with Crippen LogP contribution in [0, 0.1) is 0 Å². The molecule has 0 saturated carbocycles. The second kappa shape index (κ2) is 5.87. The molecule has 2 nitrogen and oxygen atoms in total. The lowest BCUT2D eigenvalue weighted by molar-refractivity contribution is 0.0723. The minimum atomic E-state index is 0.0568. The highest BCUT2D eigenvalue weighted by atomic mass is 79.9. The van der Waals surface area contributed by atoms with Gasteiger partial charge >= 0.3 is 0 Å². The highest BCUT2D eigenvalue weighted by Gasteiger charge is 2.19. The lowest BCUT2D eigenvalue weighted by Crippen LogP contribution is -2.37. The molecule has 0 N–H and O–H groups in total. The second-order valence-electron chi connectivity index (χ2n) is 3.39. The molecular formula is C10H13BrClNOS. The molecule has 1 rings (SSSR count). The first-order valence-electron chi connectivity index (χ1n) is 4.68. The van der Waals surface area contributed by atoms with Gasteiger partial charge in [0.15, 0.2) is 0 Å². The first-order chi connectivity index (χ1) is 7.06. The first kappa shape index (κ1) is 13.0. The number of amides is 1. The molecular weight excluding hydrogens is 298 g/mol. The van der Waals surface area contributed by atoms with E-state index in [1.54, 1.807) is 4.90 Å². The van der Waals surface area contributed by atoms with Gasteiger partial charge in [0.2, 0.25) is 0 Å². The summed E-state index contributed by atoms with van der Waals surface area (Å²) in [5.74, 6) is 0.526. The van der Waals surface area contributed by atoms with Gasteiger partial charge in [0.1, 0.15) is 0 Å². The Morgan fingerprint density at radius 3 is 2.67 bits per heavy atom. The lowest BCUT2D eigenvalue weighted by atomic mass is 10.3. The number of thiophene rings is 1. The molecule has 0 spiro atoms. The fourth-order valence-electron chi connectivity index (χ4n) is 1.26. The van der Waals surface area contributed by atoms with E-state index in [1.807, 2.05) is 26.0 Å². The van der Waals surface area contributed by atoms with Crippen LogP contribution in [-0.4, -0.2) is 29.3 Å². The SMILES string of the molecule is CC(C)N(CCCl)C(=O)c1ccc(Br)s1. The Morgan fingerprint density at radius 1 is 1.60 bits per heavy atom. The zero-order valence-electron chi connectivity index (χ0n) is 8.67. The summed E-state index contributed by atoms with van der Waals surface area (Å²) in [6, 6.07) is 3.90. The molecule has 0 saturated heterocycles. The van der Waals surface area contributed by atoms with Crippen LogP contribution >= 0.6 is 38.9 Å². The van der Waals surface area contributed by atoms with E-state index in [1.165, 1.54) is 11.3 Å². The number of halogens is 2. The number of hydrogen-bond donors (Lipinski definition) is 0. The Hall–Kier alpha value is -0.0600. The molecule has 0 aliphatic rings. The maximum Gasteiger partial charge on any atom is 0.264 e. The normalized spacial score (nSPS) is 10.7. The van der Waals surface area contributed by atoms with Crippen molar-refractivity contribution in [2.24, 2.45) is 0 Å². The first-order valence-corrected chi connectivity index (χ1v) is 6.83. The fourth-order valence-corrected chi connectivity index (χ4v) is 2.78. The van der Waals surface area contributed by atoms with Crippen LogP contribution in [0.1, 0.15) is 23.5 Å². The van der Waals surface area contributed by atoms with Gasteiger partial charge in [0, 0.05) is 18.5 Å². The maximum absolute atomic E-state index is 12.0. The number of hydrogen-bond acceptors (Lipinski definition) is 2. The van der Waals surface area contributed by atoms with Gasteiger partial charge in [-0.25, -0.2) is 0 Å². The van der Waals surface area contributed by atoms with Gasteiger partial charge in [0.25, 0.3) is 5.91 Å². The van der Waals surface area contributed by atoms with Crippen molar-refractivity contribution in [1.29, 1.82) is 0 Å². The van der Waals surface area contributed by atoms with Crippen LogP contribution in [0.3, 0.4) is 0 Å². The van der Waals surface area contributed by atoms with Crippen LogP contribution in [-0.2, 0) is 0 Å². The Kier molecular flexibility index (Phi) is 5.09. The average Bonchev–Trinajstić information content (AvgIpc) is 2.59. The van der Waals surface area contributed by atoms with E-state index in [-0.39, 0.29) is 11.9 Å². The quantitative estimate of drug-likeness (QED) is 0.778. The van der Waals surface area contributed by atoms with Gasteiger partial charge in [-0.3, -0.25) is 4.79 Å². The number of rotatable bonds is 4. The van der Waals surface area contributed by atoms with E-state index in [9.17, 15) is 4.79 Å². The Balaban J connectivity index is 2.80. The number of carbonyl (C=O) groups excluding carboxylic acids is 1. The zero-order chi connectivity index (χ0) is 11.4. The van der Waals surface area contributed by atoms with E-state index < -0.39 is 0 Å². The summed E-state index contributed by atoms with van der Waals surface area (Å²) >= 11 is 10.5. The predicted octanol–water partition coefficient (Wildman–Crippen LogP) is 3.60. The molecule has 5 heteroatoms. The molecule has 0 fully saturated rings. The Morgan fingerprint density at radius 2 is 2.27 bits per heavy atom. The fraction of sp³-hybridized carbons (Fsp3) is 0.500. The van der Waals surface area contributed by atoms with E-state index >= 15 is 0 Å². The highest BCUT2D eigenvalue weighted by Crippen LogP contribution is 2.23. The van der Waals surface area contributed by atoms with Crippen LogP contribution in [0.4, 0.5) is 0 Å². The van der Waals surface area contributed by atoms with E-state index in [2.05, 4.69) is 15.9 Å². The van der Waals surface area contributed by atoms with Crippen LogP contribution in [0.2, 0.25) is 0 Å². The van der Waals surface area contributed by atoms with Crippen molar-refractivity contribution in [3.8, 4) is 0 Å². The summed E-state index contributed by atoms with van der Waals surface area (Å²) in [5.41, 5.74) is 0.